The van der Waals surface area contributed by atoms with E-state index in [9.17, 15) is 9.18 Å². The van der Waals surface area contributed by atoms with Gasteiger partial charge in [0.1, 0.15) is 29.9 Å². The third-order valence-electron chi connectivity index (χ3n) is 4.66. The van der Waals surface area contributed by atoms with Gasteiger partial charge >= 0.3 is 0 Å². The van der Waals surface area contributed by atoms with E-state index in [0.717, 1.165) is 43.3 Å². The Balaban J connectivity index is 2.01. The van der Waals surface area contributed by atoms with E-state index in [1.807, 2.05) is 24.3 Å². The van der Waals surface area contributed by atoms with E-state index in [0.29, 0.717) is 11.3 Å². The second kappa shape index (κ2) is 7.44. The molecule has 0 aliphatic carbocycles. The van der Waals surface area contributed by atoms with Crippen LogP contribution in [0.1, 0.15) is 37.3 Å². The zero-order chi connectivity index (χ0) is 17.9. The molecule has 2 aromatic rings. The fraction of sp³-hybridized carbons (Fsp3) is 0.350. The van der Waals surface area contributed by atoms with E-state index in [1.54, 1.807) is 0 Å². The number of rotatable bonds is 7. The van der Waals surface area contributed by atoms with Crippen LogP contribution in [0.25, 0.3) is 0 Å². The lowest BCUT2D eigenvalue weighted by Gasteiger charge is -2.25. The molecule has 0 aromatic heterocycles. The van der Waals surface area contributed by atoms with E-state index in [-0.39, 0.29) is 11.6 Å². The van der Waals surface area contributed by atoms with Gasteiger partial charge in [-0.1, -0.05) is 49.6 Å². The molecular weight excluding hydrogens is 341 g/mol. The first-order valence-electron chi connectivity index (χ1n) is 8.54. The summed E-state index contributed by atoms with van der Waals surface area (Å²) < 4.78 is 19.7. The summed E-state index contributed by atoms with van der Waals surface area (Å²) in [6.07, 6.45) is 4.18. The van der Waals surface area contributed by atoms with Gasteiger partial charge in [-0.3, -0.25) is 0 Å². The molecule has 1 unspecified atom stereocenters. The summed E-state index contributed by atoms with van der Waals surface area (Å²) in [7, 11) is 0. The van der Waals surface area contributed by atoms with E-state index in [1.165, 1.54) is 12.1 Å². The van der Waals surface area contributed by atoms with Crippen molar-refractivity contribution in [1.29, 1.82) is 0 Å². The number of para-hydroxylation sites is 1. The average Bonchev–Trinajstić information content (AvgIpc) is 2.98. The van der Waals surface area contributed by atoms with Crippen molar-refractivity contribution in [2.45, 2.75) is 31.6 Å². The molecule has 0 bridgehead atoms. The van der Waals surface area contributed by atoms with Crippen LogP contribution in [-0.2, 0) is 10.2 Å². The van der Waals surface area contributed by atoms with Crippen molar-refractivity contribution < 1.29 is 13.9 Å². The molecule has 0 spiro atoms. The zero-order valence-electron chi connectivity index (χ0n) is 14.1. The Hall–Kier alpha value is -2.07. The summed E-state index contributed by atoms with van der Waals surface area (Å²) in [6.45, 7) is 3.11. The molecule has 1 heterocycles. The van der Waals surface area contributed by atoms with Gasteiger partial charge < -0.3 is 14.8 Å². The number of nitrogens with one attached hydrogen (secondary N) is 1. The summed E-state index contributed by atoms with van der Waals surface area (Å²) in [6, 6.07) is 10.4. The van der Waals surface area contributed by atoms with Gasteiger partial charge in [0, 0.05) is 23.9 Å². The quantitative estimate of drug-likeness (QED) is 0.559. The number of anilines is 1. The molecule has 1 aliphatic rings. The fourth-order valence-corrected chi connectivity index (χ4v) is 3.43. The summed E-state index contributed by atoms with van der Waals surface area (Å²) in [5.74, 6) is -0.0928. The highest BCUT2D eigenvalue weighted by atomic mass is 35.5. The third-order valence-corrected chi connectivity index (χ3v) is 4.95. The van der Waals surface area contributed by atoms with Gasteiger partial charge in [0.05, 0.1) is 5.02 Å². The van der Waals surface area contributed by atoms with Crippen LogP contribution in [-0.4, -0.2) is 19.4 Å². The van der Waals surface area contributed by atoms with Crippen LogP contribution < -0.4 is 10.1 Å². The lowest BCUT2D eigenvalue weighted by molar-refractivity contribution is -0.111. The SMILES string of the molecule is CCCCCNc1ccccc1C1(C=O)COc2cc(Cl)c(F)cc21. The molecule has 0 saturated carbocycles. The first kappa shape index (κ1) is 17.7. The lowest BCUT2D eigenvalue weighted by Crippen LogP contribution is -2.32. The highest BCUT2D eigenvalue weighted by Gasteiger charge is 2.44. The Labute approximate surface area is 152 Å². The van der Waals surface area contributed by atoms with Crippen LogP contribution in [0.3, 0.4) is 0 Å². The Morgan fingerprint density at radius 1 is 1.28 bits per heavy atom. The monoisotopic (exact) mass is 361 g/mol. The van der Waals surface area contributed by atoms with Gasteiger partial charge in [0.25, 0.3) is 0 Å². The van der Waals surface area contributed by atoms with E-state index in [4.69, 9.17) is 16.3 Å². The maximum atomic E-state index is 14.0. The average molecular weight is 362 g/mol. The van der Waals surface area contributed by atoms with Gasteiger partial charge in [-0.15, -0.1) is 0 Å². The Bertz CT molecular complexity index is 780. The number of carbonyl (C=O) groups is 1. The highest BCUT2D eigenvalue weighted by molar-refractivity contribution is 6.30. The number of aldehydes is 1. The van der Waals surface area contributed by atoms with Gasteiger partial charge in [-0.2, -0.15) is 0 Å². The van der Waals surface area contributed by atoms with Crippen molar-refractivity contribution in [2.75, 3.05) is 18.5 Å². The smallest absolute Gasteiger partial charge is 0.142 e. The van der Waals surface area contributed by atoms with Crippen LogP contribution in [0, 0.1) is 5.82 Å². The molecule has 132 valence electrons. The summed E-state index contributed by atoms with van der Waals surface area (Å²) in [4.78, 5) is 12.2. The molecule has 2 aromatic carbocycles. The summed E-state index contributed by atoms with van der Waals surface area (Å²) >= 11 is 5.85. The van der Waals surface area contributed by atoms with Crippen LogP contribution in [0.2, 0.25) is 5.02 Å². The molecular formula is C20H21ClFNO2. The molecule has 1 atom stereocenters. The predicted molar refractivity (Wildman–Crippen MR) is 98.2 cm³/mol. The minimum Gasteiger partial charge on any atom is -0.491 e. The Morgan fingerprint density at radius 3 is 2.84 bits per heavy atom. The van der Waals surface area contributed by atoms with Gasteiger partial charge in [0.15, 0.2) is 0 Å². The van der Waals surface area contributed by atoms with Crippen molar-refractivity contribution in [3.05, 3.63) is 58.4 Å². The standard InChI is InChI=1S/C20H21ClFNO2/c1-2-3-6-9-23-18-8-5-4-7-14(18)20(12-24)13-25-19-11-16(21)17(22)10-15(19)20/h4-5,7-8,10-12,23H,2-3,6,9,13H2,1H3. The molecule has 5 heteroatoms. The first-order chi connectivity index (χ1) is 12.1. The van der Waals surface area contributed by atoms with Crippen molar-refractivity contribution in [1.82, 2.24) is 0 Å². The van der Waals surface area contributed by atoms with E-state index < -0.39 is 11.2 Å². The number of fused-ring (bicyclic) bond motifs is 1. The number of hydrogen-bond acceptors (Lipinski definition) is 3. The van der Waals surface area contributed by atoms with Crippen molar-refractivity contribution in [3.8, 4) is 5.75 Å². The summed E-state index contributed by atoms with van der Waals surface area (Å²) in [5.41, 5.74) is 1.15. The van der Waals surface area contributed by atoms with Crippen LogP contribution in [0.5, 0.6) is 5.75 Å². The largest absolute Gasteiger partial charge is 0.491 e. The number of ether oxygens (including phenoxy) is 1. The van der Waals surface area contributed by atoms with Crippen molar-refractivity contribution >= 4 is 23.6 Å². The minimum absolute atomic E-state index is 0.00794. The van der Waals surface area contributed by atoms with E-state index >= 15 is 0 Å². The number of halogens is 2. The molecule has 0 fully saturated rings. The van der Waals surface area contributed by atoms with Gasteiger partial charge in [-0.25, -0.2) is 4.39 Å². The van der Waals surface area contributed by atoms with Crippen LogP contribution >= 0.6 is 11.6 Å². The maximum Gasteiger partial charge on any atom is 0.142 e. The molecule has 25 heavy (non-hydrogen) atoms. The molecule has 3 rings (SSSR count). The lowest BCUT2D eigenvalue weighted by atomic mass is 9.76. The summed E-state index contributed by atoms with van der Waals surface area (Å²) in [5, 5.41) is 3.40. The van der Waals surface area contributed by atoms with Crippen LogP contribution in [0.15, 0.2) is 36.4 Å². The molecule has 1 aliphatic heterocycles. The Morgan fingerprint density at radius 2 is 2.08 bits per heavy atom. The van der Waals surface area contributed by atoms with Gasteiger partial charge in [-0.05, 0) is 24.1 Å². The second-order valence-electron chi connectivity index (χ2n) is 6.32. The number of unbranched alkanes of at least 4 members (excludes halogenated alkanes) is 2. The third kappa shape index (κ3) is 3.23. The molecule has 0 amide bonds. The second-order valence-corrected chi connectivity index (χ2v) is 6.73. The van der Waals surface area contributed by atoms with Crippen molar-refractivity contribution in [2.24, 2.45) is 0 Å². The molecule has 0 saturated heterocycles. The normalized spacial score (nSPS) is 18.5. The zero-order valence-corrected chi connectivity index (χ0v) is 14.9. The molecule has 0 radical (unpaired) electrons. The Kier molecular flexibility index (Phi) is 5.28. The fourth-order valence-electron chi connectivity index (χ4n) is 3.27. The van der Waals surface area contributed by atoms with E-state index in [2.05, 4.69) is 12.2 Å². The molecule has 3 nitrogen and oxygen atoms in total. The number of benzene rings is 2. The van der Waals surface area contributed by atoms with Crippen LogP contribution in [0.4, 0.5) is 10.1 Å². The number of hydrogen-bond donors (Lipinski definition) is 1. The minimum atomic E-state index is -1.03. The van der Waals surface area contributed by atoms with Crippen molar-refractivity contribution in [3.63, 3.8) is 0 Å². The maximum absolute atomic E-state index is 14.0. The van der Waals surface area contributed by atoms with Gasteiger partial charge in [0.2, 0.25) is 0 Å². The number of carbonyl (C=O) groups excluding carboxylic acids is 1. The topological polar surface area (TPSA) is 38.3 Å². The first-order valence-corrected chi connectivity index (χ1v) is 8.92. The highest BCUT2D eigenvalue weighted by Crippen LogP contribution is 2.46. The molecule has 1 N–H and O–H groups in total. The predicted octanol–water partition coefficient (Wildman–Crippen LogP) is 4.96.